The Morgan fingerprint density at radius 2 is 1.62 bits per heavy atom. The van der Waals surface area contributed by atoms with Crippen molar-refractivity contribution in [1.29, 1.82) is 0 Å². The fourth-order valence-electron chi connectivity index (χ4n) is 2.91. The summed E-state index contributed by atoms with van der Waals surface area (Å²) in [5.41, 5.74) is 1.88. The largest absolute Gasteiger partial charge is 0.457 e. The molecule has 0 atom stereocenters. The van der Waals surface area contributed by atoms with Crippen molar-refractivity contribution in [3.8, 4) is 11.3 Å². The first-order valence-electron chi connectivity index (χ1n) is 9.46. The summed E-state index contributed by atoms with van der Waals surface area (Å²) in [7, 11) is 0. The van der Waals surface area contributed by atoms with Crippen molar-refractivity contribution < 1.29 is 14.0 Å². The maximum Gasteiger partial charge on any atom is 0.265 e. The van der Waals surface area contributed by atoms with Gasteiger partial charge >= 0.3 is 0 Å². The molecule has 0 fully saturated rings. The summed E-state index contributed by atoms with van der Waals surface area (Å²) in [6, 6.07) is 19.1. The van der Waals surface area contributed by atoms with Crippen LogP contribution in [0, 0.1) is 0 Å². The van der Waals surface area contributed by atoms with Gasteiger partial charge in [0.05, 0.1) is 4.88 Å². The maximum absolute atomic E-state index is 12.3. The number of hydrogen-bond donors (Lipinski definition) is 2. The highest BCUT2D eigenvalue weighted by atomic mass is 35.5. The molecule has 2 N–H and O–H groups in total. The fraction of sp³-hybridized carbons (Fsp3) is 0. The van der Waals surface area contributed by atoms with Gasteiger partial charge in [0, 0.05) is 33.1 Å². The normalized spacial score (nSPS) is 10.9. The van der Waals surface area contributed by atoms with E-state index in [1.54, 1.807) is 66.7 Å². The number of halogens is 2. The number of hydrogen-bond acceptors (Lipinski definition) is 4. The maximum atomic E-state index is 12.3. The number of amides is 2. The van der Waals surface area contributed by atoms with Crippen LogP contribution in [0.1, 0.15) is 15.4 Å². The minimum absolute atomic E-state index is 0.196. The summed E-state index contributed by atoms with van der Waals surface area (Å²) in [5.74, 6) is 0.556. The molecule has 0 radical (unpaired) electrons. The first kappa shape index (κ1) is 21.9. The molecule has 5 nitrogen and oxygen atoms in total. The Hall–Kier alpha value is -3.32. The van der Waals surface area contributed by atoms with Crippen LogP contribution in [-0.4, -0.2) is 11.8 Å². The molecule has 2 heterocycles. The van der Waals surface area contributed by atoms with Crippen LogP contribution in [0.15, 0.2) is 82.6 Å². The standard InChI is InChI=1S/C24H16Cl2N2O3S/c25-16-11-15(12-17(26)13-16)21-8-6-20(31-21)7-9-23(29)27-18-3-1-4-19(14-18)28-24(30)22-5-2-10-32-22/h1-14H,(H,27,29)(H,28,30)/b9-7+. The minimum atomic E-state index is -0.338. The van der Waals surface area contributed by atoms with Crippen LogP contribution in [0.25, 0.3) is 17.4 Å². The molecule has 2 amide bonds. The zero-order chi connectivity index (χ0) is 22.5. The van der Waals surface area contributed by atoms with Gasteiger partial charge in [-0.05, 0) is 66.1 Å². The highest BCUT2D eigenvalue weighted by Gasteiger charge is 2.08. The molecule has 4 rings (SSSR count). The van der Waals surface area contributed by atoms with Gasteiger partial charge in [-0.25, -0.2) is 0 Å². The Morgan fingerprint density at radius 3 is 2.34 bits per heavy atom. The molecule has 0 bridgehead atoms. The molecule has 0 aliphatic heterocycles. The third kappa shape index (κ3) is 5.68. The number of anilines is 2. The van der Waals surface area contributed by atoms with Crippen LogP contribution in [0.5, 0.6) is 0 Å². The van der Waals surface area contributed by atoms with Gasteiger partial charge in [0.25, 0.3) is 5.91 Å². The van der Waals surface area contributed by atoms with Gasteiger partial charge in [-0.1, -0.05) is 35.3 Å². The van der Waals surface area contributed by atoms with Gasteiger partial charge in [-0.3, -0.25) is 9.59 Å². The second-order valence-electron chi connectivity index (χ2n) is 6.69. The SMILES string of the molecule is O=C(/C=C/c1ccc(-c2cc(Cl)cc(Cl)c2)o1)Nc1cccc(NC(=O)c2cccs2)c1. The van der Waals surface area contributed by atoms with Crippen molar-refractivity contribution in [3.05, 3.63) is 98.9 Å². The molecule has 0 aliphatic carbocycles. The smallest absolute Gasteiger partial charge is 0.265 e. The Balaban J connectivity index is 1.39. The van der Waals surface area contributed by atoms with Crippen molar-refractivity contribution >= 4 is 63.8 Å². The molecule has 0 spiro atoms. The van der Waals surface area contributed by atoms with E-state index in [0.717, 1.165) is 5.56 Å². The zero-order valence-corrected chi connectivity index (χ0v) is 18.8. The molecule has 0 aliphatic rings. The summed E-state index contributed by atoms with van der Waals surface area (Å²) < 4.78 is 5.75. The third-order valence-corrected chi connectivity index (χ3v) is 5.61. The molecular formula is C24H16Cl2N2O3S. The number of rotatable bonds is 6. The van der Waals surface area contributed by atoms with Gasteiger partial charge < -0.3 is 15.1 Å². The van der Waals surface area contributed by atoms with Crippen molar-refractivity contribution in [3.63, 3.8) is 0 Å². The second-order valence-corrected chi connectivity index (χ2v) is 8.52. The molecule has 2 aromatic carbocycles. The summed E-state index contributed by atoms with van der Waals surface area (Å²) in [6.07, 6.45) is 2.93. The second kappa shape index (κ2) is 9.87. The molecule has 32 heavy (non-hydrogen) atoms. The topological polar surface area (TPSA) is 71.3 Å². The van der Waals surface area contributed by atoms with E-state index >= 15 is 0 Å². The van der Waals surface area contributed by atoms with Crippen LogP contribution in [0.2, 0.25) is 10.0 Å². The van der Waals surface area contributed by atoms with Gasteiger partial charge in [-0.2, -0.15) is 0 Å². The van der Waals surface area contributed by atoms with Gasteiger partial charge in [0.2, 0.25) is 5.91 Å². The first-order chi connectivity index (χ1) is 15.5. The van der Waals surface area contributed by atoms with E-state index in [4.69, 9.17) is 27.6 Å². The van der Waals surface area contributed by atoms with E-state index in [1.165, 1.54) is 17.4 Å². The number of nitrogens with one attached hydrogen (secondary N) is 2. The van der Waals surface area contributed by atoms with Crippen LogP contribution in [-0.2, 0) is 4.79 Å². The lowest BCUT2D eigenvalue weighted by molar-refractivity contribution is -0.111. The van der Waals surface area contributed by atoms with Crippen LogP contribution in [0.4, 0.5) is 11.4 Å². The number of carbonyl (C=O) groups is 2. The third-order valence-electron chi connectivity index (χ3n) is 4.31. The lowest BCUT2D eigenvalue weighted by Crippen LogP contribution is -2.11. The highest BCUT2D eigenvalue weighted by molar-refractivity contribution is 7.12. The van der Waals surface area contributed by atoms with Crippen LogP contribution >= 0.6 is 34.5 Å². The molecule has 0 saturated carbocycles. The predicted octanol–water partition coefficient (Wildman–Crippen LogP) is 7.22. The first-order valence-corrected chi connectivity index (χ1v) is 11.1. The number of furan rings is 1. The number of thiophene rings is 1. The highest BCUT2D eigenvalue weighted by Crippen LogP contribution is 2.29. The van der Waals surface area contributed by atoms with Crippen molar-refractivity contribution in [2.75, 3.05) is 10.6 Å². The van der Waals surface area contributed by atoms with E-state index < -0.39 is 0 Å². The quantitative estimate of drug-likeness (QED) is 0.285. The molecule has 8 heteroatoms. The average Bonchev–Trinajstić information content (AvgIpc) is 3.44. The molecule has 160 valence electrons. The van der Waals surface area contributed by atoms with Gasteiger partial charge in [0.1, 0.15) is 11.5 Å². The summed E-state index contributed by atoms with van der Waals surface area (Å²) in [5, 5.41) is 8.43. The van der Waals surface area contributed by atoms with Crippen molar-refractivity contribution in [2.45, 2.75) is 0 Å². The van der Waals surface area contributed by atoms with E-state index in [2.05, 4.69) is 10.6 Å². The Labute approximate surface area is 198 Å². The van der Waals surface area contributed by atoms with Crippen molar-refractivity contribution in [2.24, 2.45) is 0 Å². The molecule has 2 aromatic heterocycles. The van der Waals surface area contributed by atoms with E-state index in [9.17, 15) is 9.59 Å². The van der Waals surface area contributed by atoms with Gasteiger partial charge in [0.15, 0.2) is 0 Å². The molecule has 4 aromatic rings. The van der Waals surface area contributed by atoms with Crippen LogP contribution in [0.3, 0.4) is 0 Å². The minimum Gasteiger partial charge on any atom is -0.457 e. The van der Waals surface area contributed by atoms with Gasteiger partial charge in [-0.15, -0.1) is 11.3 Å². The lowest BCUT2D eigenvalue weighted by Gasteiger charge is -2.07. The summed E-state index contributed by atoms with van der Waals surface area (Å²) in [4.78, 5) is 25.1. The van der Waals surface area contributed by atoms with E-state index in [-0.39, 0.29) is 11.8 Å². The number of carbonyl (C=O) groups excluding carboxylic acids is 2. The Kier molecular flexibility index (Phi) is 6.75. The van der Waals surface area contributed by atoms with Crippen molar-refractivity contribution in [1.82, 2.24) is 0 Å². The Morgan fingerprint density at radius 1 is 0.875 bits per heavy atom. The monoisotopic (exact) mass is 482 g/mol. The predicted molar refractivity (Wildman–Crippen MR) is 131 cm³/mol. The summed E-state index contributed by atoms with van der Waals surface area (Å²) in [6.45, 7) is 0. The fourth-order valence-corrected chi connectivity index (χ4v) is 4.06. The molecular weight excluding hydrogens is 467 g/mol. The van der Waals surface area contributed by atoms with E-state index in [0.29, 0.717) is 37.8 Å². The zero-order valence-electron chi connectivity index (χ0n) is 16.5. The summed E-state index contributed by atoms with van der Waals surface area (Å²) >= 11 is 13.4. The lowest BCUT2D eigenvalue weighted by atomic mass is 10.2. The van der Waals surface area contributed by atoms with Crippen LogP contribution < -0.4 is 10.6 Å². The molecule has 0 saturated heterocycles. The van der Waals surface area contributed by atoms with E-state index in [1.807, 2.05) is 11.4 Å². The number of benzene rings is 2. The Bertz CT molecular complexity index is 1280. The molecule has 0 unspecified atom stereocenters. The average molecular weight is 483 g/mol.